The summed E-state index contributed by atoms with van der Waals surface area (Å²) in [5, 5.41) is 3.37. The van der Waals surface area contributed by atoms with Gasteiger partial charge < -0.3 is 14.8 Å². The van der Waals surface area contributed by atoms with Gasteiger partial charge in [0, 0.05) is 11.5 Å². The molecule has 1 N–H and O–H groups in total. The first-order chi connectivity index (χ1) is 6.88. The molecule has 2 atom stereocenters. The molecule has 1 saturated heterocycles. The molecule has 88 valence electrons. The van der Waals surface area contributed by atoms with Crippen LogP contribution in [0.3, 0.4) is 0 Å². The van der Waals surface area contributed by atoms with Crippen molar-refractivity contribution in [2.45, 2.75) is 45.9 Å². The lowest BCUT2D eigenvalue weighted by atomic mass is 9.84. The third kappa shape index (κ3) is 2.69. The number of ether oxygens (including phenoxy) is 2. The van der Waals surface area contributed by atoms with Crippen LogP contribution in [0.2, 0.25) is 0 Å². The fraction of sp³-hybridized carbons (Fsp3) is 0.909. The van der Waals surface area contributed by atoms with E-state index in [1.807, 2.05) is 0 Å². The molecule has 0 aliphatic carbocycles. The summed E-state index contributed by atoms with van der Waals surface area (Å²) in [4.78, 5) is 11.5. The molecule has 1 rings (SSSR count). The maximum absolute atomic E-state index is 11.5. The van der Waals surface area contributed by atoms with E-state index in [1.54, 1.807) is 0 Å². The van der Waals surface area contributed by atoms with Crippen LogP contribution in [0, 0.1) is 5.41 Å². The zero-order valence-corrected chi connectivity index (χ0v) is 10.2. The molecule has 15 heavy (non-hydrogen) atoms. The van der Waals surface area contributed by atoms with Crippen molar-refractivity contribution in [3.05, 3.63) is 0 Å². The van der Waals surface area contributed by atoms with Crippen molar-refractivity contribution in [3.8, 4) is 0 Å². The molecule has 0 amide bonds. The molecule has 1 aliphatic rings. The molecule has 4 nitrogen and oxygen atoms in total. The molecule has 4 heteroatoms. The molecule has 0 aromatic rings. The third-order valence-electron chi connectivity index (χ3n) is 2.73. The smallest absolute Gasteiger partial charge is 0.336 e. The first-order valence-corrected chi connectivity index (χ1v) is 5.34. The summed E-state index contributed by atoms with van der Waals surface area (Å²) in [6, 6.07) is 0.341. The lowest BCUT2D eigenvalue weighted by Gasteiger charge is -2.29. The Balaban J connectivity index is 2.77. The van der Waals surface area contributed by atoms with Gasteiger partial charge in [0.05, 0.1) is 19.8 Å². The van der Waals surface area contributed by atoms with Gasteiger partial charge in [0.2, 0.25) is 0 Å². The summed E-state index contributed by atoms with van der Waals surface area (Å²) in [7, 11) is 1.39. The largest absolute Gasteiger partial charge is 0.467 e. The number of methoxy groups -OCH3 is 1. The molecular formula is C11H21NO3. The summed E-state index contributed by atoms with van der Waals surface area (Å²) in [5.41, 5.74) is -0.0386. The minimum absolute atomic E-state index is 0.0185. The van der Waals surface area contributed by atoms with E-state index >= 15 is 0 Å². The van der Waals surface area contributed by atoms with Crippen LogP contribution in [0.4, 0.5) is 0 Å². The zero-order valence-electron chi connectivity index (χ0n) is 10.2. The van der Waals surface area contributed by atoms with E-state index < -0.39 is 6.10 Å². The number of carbonyl (C=O) groups excluding carboxylic acids is 1. The Morgan fingerprint density at radius 1 is 1.53 bits per heavy atom. The topological polar surface area (TPSA) is 47.6 Å². The molecule has 0 radical (unpaired) electrons. The van der Waals surface area contributed by atoms with Crippen LogP contribution in [0.15, 0.2) is 0 Å². The van der Waals surface area contributed by atoms with Crippen LogP contribution >= 0.6 is 0 Å². The van der Waals surface area contributed by atoms with Crippen LogP contribution < -0.4 is 5.32 Å². The zero-order chi connectivity index (χ0) is 11.6. The predicted octanol–water partition coefficient (Wildman–Crippen LogP) is 0.951. The highest BCUT2D eigenvalue weighted by atomic mass is 16.6. The number of nitrogens with one attached hydrogen (secondary N) is 1. The molecule has 0 spiro atoms. The monoisotopic (exact) mass is 215 g/mol. The molecule has 1 heterocycles. The van der Waals surface area contributed by atoms with Gasteiger partial charge in [-0.2, -0.15) is 0 Å². The summed E-state index contributed by atoms with van der Waals surface area (Å²) in [6.07, 6.45) is -0.479. The number of rotatable bonds is 3. The minimum atomic E-state index is -0.479. The normalized spacial score (nSPS) is 29.5. The van der Waals surface area contributed by atoms with Crippen LogP contribution in [-0.2, 0) is 14.3 Å². The highest BCUT2D eigenvalue weighted by Gasteiger charge is 2.47. The van der Waals surface area contributed by atoms with Crippen molar-refractivity contribution < 1.29 is 14.3 Å². The standard InChI is InChI=1S/C11H21NO3/c1-7(2)12-9-8(10(13)14-5)15-6-11(9,3)4/h7-9,12H,6H2,1-5H3/t8-,9-/m0/s1. The molecular weight excluding hydrogens is 194 g/mol. The van der Waals surface area contributed by atoms with Gasteiger partial charge >= 0.3 is 5.97 Å². The van der Waals surface area contributed by atoms with E-state index in [0.29, 0.717) is 12.6 Å². The van der Waals surface area contributed by atoms with Crippen molar-refractivity contribution in [2.75, 3.05) is 13.7 Å². The molecule has 0 bridgehead atoms. The summed E-state index contributed by atoms with van der Waals surface area (Å²) in [6.45, 7) is 8.88. The second-order valence-corrected chi connectivity index (χ2v) is 5.04. The fourth-order valence-electron chi connectivity index (χ4n) is 1.89. The van der Waals surface area contributed by atoms with Crippen LogP contribution in [-0.4, -0.2) is 37.9 Å². The van der Waals surface area contributed by atoms with E-state index in [2.05, 4.69) is 33.0 Å². The van der Waals surface area contributed by atoms with Crippen molar-refractivity contribution in [2.24, 2.45) is 5.41 Å². The van der Waals surface area contributed by atoms with E-state index in [0.717, 1.165) is 0 Å². The Hall–Kier alpha value is -0.610. The van der Waals surface area contributed by atoms with Gasteiger partial charge in [0.25, 0.3) is 0 Å². The minimum Gasteiger partial charge on any atom is -0.467 e. The number of hydrogen-bond donors (Lipinski definition) is 1. The highest BCUT2D eigenvalue weighted by Crippen LogP contribution is 2.32. The van der Waals surface area contributed by atoms with Crippen molar-refractivity contribution in [1.82, 2.24) is 5.32 Å². The SMILES string of the molecule is COC(=O)[C@H]1OCC(C)(C)[C@H]1NC(C)C. The lowest BCUT2D eigenvalue weighted by Crippen LogP contribution is -2.50. The van der Waals surface area contributed by atoms with E-state index in [1.165, 1.54) is 7.11 Å². The number of carbonyl (C=O) groups is 1. The first-order valence-electron chi connectivity index (χ1n) is 5.34. The predicted molar refractivity (Wildman–Crippen MR) is 57.6 cm³/mol. The highest BCUT2D eigenvalue weighted by molar-refractivity contribution is 5.76. The van der Waals surface area contributed by atoms with Crippen LogP contribution in [0.5, 0.6) is 0 Å². The Kier molecular flexibility index (Phi) is 3.73. The number of esters is 1. The summed E-state index contributed by atoms with van der Waals surface area (Å²) < 4.78 is 10.2. The van der Waals surface area contributed by atoms with Crippen molar-refractivity contribution in [3.63, 3.8) is 0 Å². The lowest BCUT2D eigenvalue weighted by molar-refractivity contribution is -0.152. The van der Waals surface area contributed by atoms with Crippen LogP contribution in [0.25, 0.3) is 0 Å². The van der Waals surface area contributed by atoms with Gasteiger partial charge in [-0.1, -0.05) is 27.7 Å². The van der Waals surface area contributed by atoms with Crippen molar-refractivity contribution >= 4 is 5.97 Å². The molecule has 0 aromatic carbocycles. The third-order valence-corrected chi connectivity index (χ3v) is 2.73. The van der Waals surface area contributed by atoms with Gasteiger partial charge in [0.1, 0.15) is 0 Å². The van der Waals surface area contributed by atoms with Gasteiger partial charge in [-0.05, 0) is 0 Å². The second-order valence-electron chi connectivity index (χ2n) is 5.04. The average Bonchev–Trinajstić information content (AvgIpc) is 2.41. The van der Waals surface area contributed by atoms with Gasteiger partial charge in [-0.25, -0.2) is 4.79 Å². The van der Waals surface area contributed by atoms with E-state index in [9.17, 15) is 4.79 Å². The van der Waals surface area contributed by atoms with E-state index in [-0.39, 0.29) is 17.4 Å². The Morgan fingerprint density at radius 2 is 2.13 bits per heavy atom. The Labute approximate surface area is 91.3 Å². The summed E-state index contributed by atoms with van der Waals surface area (Å²) in [5.74, 6) is -0.293. The maximum atomic E-state index is 11.5. The van der Waals surface area contributed by atoms with Crippen LogP contribution in [0.1, 0.15) is 27.7 Å². The van der Waals surface area contributed by atoms with Gasteiger partial charge in [0.15, 0.2) is 6.10 Å². The van der Waals surface area contributed by atoms with Gasteiger partial charge in [-0.3, -0.25) is 0 Å². The van der Waals surface area contributed by atoms with E-state index in [4.69, 9.17) is 9.47 Å². The maximum Gasteiger partial charge on any atom is 0.336 e. The first kappa shape index (κ1) is 12.5. The number of hydrogen-bond acceptors (Lipinski definition) is 4. The van der Waals surface area contributed by atoms with Crippen molar-refractivity contribution in [1.29, 1.82) is 0 Å². The molecule has 0 unspecified atom stereocenters. The van der Waals surface area contributed by atoms with Gasteiger partial charge in [-0.15, -0.1) is 0 Å². The molecule has 0 aromatic heterocycles. The summed E-state index contributed by atoms with van der Waals surface area (Å²) >= 11 is 0. The Morgan fingerprint density at radius 3 is 2.60 bits per heavy atom. The average molecular weight is 215 g/mol. The molecule has 0 saturated carbocycles. The fourth-order valence-corrected chi connectivity index (χ4v) is 1.89. The molecule has 1 aliphatic heterocycles. The quantitative estimate of drug-likeness (QED) is 0.712. The molecule has 1 fully saturated rings. The Bertz CT molecular complexity index is 238. The second kappa shape index (κ2) is 4.49.